The van der Waals surface area contributed by atoms with Crippen molar-refractivity contribution in [2.75, 3.05) is 20.2 Å². The second-order valence-electron chi connectivity index (χ2n) is 6.47. The summed E-state index contributed by atoms with van der Waals surface area (Å²) in [7, 11) is 1.81. The highest BCUT2D eigenvalue weighted by molar-refractivity contribution is 9.10. The van der Waals surface area contributed by atoms with Crippen LogP contribution in [0.25, 0.3) is 6.08 Å². The minimum Gasteiger partial charge on any atom is -0.490 e. The molecule has 0 aromatic heterocycles. The topological polar surface area (TPSA) is 42.0 Å². The number of rotatable bonds is 7. The van der Waals surface area contributed by atoms with Gasteiger partial charge in [0.1, 0.15) is 12.3 Å². The molecule has 0 saturated carbocycles. The lowest BCUT2D eigenvalue weighted by atomic mass is 10.1. The van der Waals surface area contributed by atoms with Crippen LogP contribution in [0.2, 0.25) is 0 Å². The number of halogens is 1. The Morgan fingerprint density at radius 2 is 1.79 bits per heavy atom. The molecule has 1 saturated heterocycles. The molecule has 0 bridgehead atoms. The number of carbonyl (C=O) groups is 1. The van der Waals surface area contributed by atoms with Crippen molar-refractivity contribution in [1.82, 2.24) is 9.80 Å². The summed E-state index contributed by atoms with van der Waals surface area (Å²) in [5, 5.41) is 0.517. The number of hydrogen-bond acceptors (Lipinski definition) is 4. The molecule has 1 fully saturated rings. The summed E-state index contributed by atoms with van der Waals surface area (Å²) in [6.45, 7) is 5.34. The molecule has 152 valence electrons. The summed E-state index contributed by atoms with van der Waals surface area (Å²) in [5.74, 6) is 1.21. The number of thiocarbonyl (C=S) groups is 1. The fourth-order valence-corrected chi connectivity index (χ4v) is 3.57. The van der Waals surface area contributed by atoms with E-state index in [1.54, 1.807) is 16.8 Å². The van der Waals surface area contributed by atoms with E-state index in [9.17, 15) is 4.79 Å². The van der Waals surface area contributed by atoms with E-state index in [1.165, 1.54) is 0 Å². The summed E-state index contributed by atoms with van der Waals surface area (Å²) < 4.78 is 12.8. The average molecular weight is 475 g/mol. The molecule has 2 aromatic carbocycles. The third kappa shape index (κ3) is 4.79. The SMILES string of the molecule is CCOc1cc(/C=C2/C(=O)N(CC)C(=S)N2C)ccc1OCc1ccc(Br)cc1. The second kappa shape index (κ2) is 9.41. The molecule has 0 aliphatic carbocycles. The van der Waals surface area contributed by atoms with Gasteiger partial charge in [-0.05, 0) is 67.5 Å². The van der Waals surface area contributed by atoms with Gasteiger partial charge in [-0.25, -0.2) is 0 Å². The minimum absolute atomic E-state index is 0.0893. The van der Waals surface area contributed by atoms with Gasteiger partial charge in [-0.15, -0.1) is 0 Å². The summed E-state index contributed by atoms with van der Waals surface area (Å²) in [4.78, 5) is 15.9. The largest absolute Gasteiger partial charge is 0.490 e. The van der Waals surface area contributed by atoms with Gasteiger partial charge in [0.2, 0.25) is 0 Å². The number of likely N-dealkylation sites (N-methyl/N-ethyl adjacent to an activating group) is 2. The first-order valence-corrected chi connectivity index (χ1v) is 10.6. The summed E-state index contributed by atoms with van der Waals surface area (Å²) in [6.07, 6.45) is 1.82. The molecular weight excluding hydrogens is 452 g/mol. The van der Waals surface area contributed by atoms with Crippen LogP contribution in [0.15, 0.2) is 52.6 Å². The van der Waals surface area contributed by atoms with Crippen molar-refractivity contribution in [3.8, 4) is 11.5 Å². The molecule has 1 aliphatic heterocycles. The van der Waals surface area contributed by atoms with E-state index in [2.05, 4.69) is 15.9 Å². The van der Waals surface area contributed by atoms with E-state index in [-0.39, 0.29) is 5.91 Å². The van der Waals surface area contributed by atoms with Crippen molar-refractivity contribution >= 4 is 45.2 Å². The Morgan fingerprint density at radius 1 is 1.07 bits per heavy atom. The van der Waals surface area contributed by atoms with Crippen LogP contribution in [0.3, 0.4) is 0 Å². The van der Waals surface area contributed by atoms with E-state index in [0.29, 0.717) is 42.1 Å². The fourth-order valence-electron chi connectivity index (χ4n) is 2.99. The van der Waals surface area contributed by atoms with Crippen LogP contribution in [0.4, 0.5) is 0 Å². The van der Waals surface area contributed by atoms with Gasteiger partial charge in [-0.2, -0.15) is 0 Å². The highest BCUT2D eigenvalue weighted by atomic mass is 79.9. The van der Waals surface area contributed by atoms with Gasteiger partial charge in [-0.3, -0.25) is 9.69 Å². The monoisotopic (exact) mass is 474 g/mol. The van der Waals surface area contributed by atoms with Crippen molar-refractivity contribution in [1.29, 1.82) is 0 Å². The molecule has 0 atom stereocenters. The highest BCUT2D eigenvalue weighted by Gasteiger charge is 2.34. The molecule has 2 aromatic rings. The number of carbonyl (C=O) groups excluding carboxylic acids is 1. The molecule has 3 rings (SSSR count). The first kappa shape index (κ1) is 21.3. The van der Waals surface area contributed by atoms with E-state index in [1.807, 2.05) is 62.4 Å². The Morgan fingerprint density at radius 3 is 2.41 bits per heavy atom. The van der Waals surface area contributed by atoms with Gasteiger partial charge in [0.05, 0.1) is 6.61 Å². The van der Waals surface area contributed by atoms with Crippen molar-refractivity contribution in [2.45, 2.75) is 20.5 Å². The van der Waals surface area contributed by atoms with Crippen molar-refractivity contribution < 1.29 is 14.3 Å². The van der Waals surface area contributed by atoms with Crippen molar-refractivity contribution in [3.63, 3.8) is 0 Å². The first-order chi connectivity index (χ1) is 13.9. The van der Waals surface area contributed by atoms with Gasteiger partial charge in [0.25, 0.3) is 5.91 Å². The third-order valence-electron chi connectivity index (χ3n) is 4.54. The van der Waals surface area contributed by atoms with E-state index >= 15 is 0 Å². The average Bonchev–Trinajstić information content (AvgIpc) is 2.91. The van der Waals surface area contributed by atoms with E-state index in [4.69, 9.17) is 21.7 Å². The van der Waals surface area contributed by atoms with Crippen molar-refractivity contribution in [2.24, 2.45) is 0 Å². The Hall–Kier alpha value is -2.38. The van der Waals surface area contributed by atoms with Crippen LogP contribution < -0.4 is 9.47 Å². The predicted octanol–water partition coefficient (Wildman–Crippen LogP) is 4.85. The van der Waals surface area contributed by atoms with E-state index in [0.717, 1.165) is 15.6 Å². The standard InChI is InChI=1S/C22H23BrN2O3S/c1-4-25-21(26)18(24(3)22(25)29)12-16-8-11-19(20(13-16)27-5-2)28-14-15-6-9-17(23)10-7-15/h6-13H,4-5,14H2,1-3H3/b18-12-. The first-order valence-electron chi connectivity index (χ1n) is 9.40. The molecule has 29 heavy (non-hydrogen) atoms. The number of ether oxygens (including phenoxy) is 2. The summed E-state index contributed by atoms with van der Waals surface area (Å²) in [5.41, 5.74) is 2.46. The zero-order valence-electron chi connectivity index (χ0n) is 16.6. The molecule has 5 nitrogen and oxygen atoms in total. The van der Waals surface area contributed by atoms with Crippen LogP contribution in [0.5, 0.6) is 11.5 Å². The van der Waals surface area contributed by atoms with Gasteiger partial charge < -0.3 is 14.4 Å². The molecule has 7 heteroatoms. The maximum absolute atomic E-state index is 12.6. The zero-order chi connectivity index (χ0) is 21.0. The lowest BCUT2D eigenvalue weighted by Gasteiger charge is -2.14. The maximum Gasteiger partial charge on any atom is 0.276 e. The Labute approximate surface area is 185 Å². The summed E-state index contributed by atoms with van der Waals surface area (Å²) >= 11 is 8.79. The van der Waals surface area contributed by atoms with Gasteiger partial charge in [0.15, 0.2) is 16.6 Å². The third-order valence-corrected chi connectivity index (χ3v) is 5.56. The molecule has 0 N–H and O–H groups in total. The maximum atomic E-state index is 12.6. The Kier molecular flexibility index (Phi) is 6.92. The Balaban J connectivity index is 1.83. The number of nitrogens with zero attached hydrogens (tertiary/aromatic N) is 2. The Bertz CT molecular complexity index is 944. The second-order valence-corrected chi connectivity index (χ2v) is 7.76. The lowest BCUT2D eigenvalue weighted by molar-refractivity contribution is -0.122. The van der Waals surface area contributed by atoms with Crippen LogP contribution in [-0.4, -0.2) is 41.0 Å². The molecule has 1 amide bonds. The van der Waals surface area contributed by atoms with Crippen LogP contribution in [-0.2, 0) is 11.4 Å². The number of hydrogen-bond donors (Lipinski definition) is 0. The van der Waals surface area contributed by atoms with Gasteiger partial charge >= 0.3 is 0 Å². The quantitative estimate of drug-likeness (QED) is 0.423. The minimum atomic E-state index is -0.0893. The lowest BCUT2D eigenvalue weighted by Crippen LogP contribution is -2.30. The van der Waals surface area contributed by atoms with Crippen LogP contribution in [0, 0.1) is 0 Å². The summed E-state index contributed by atoms with van der Waals surface area (Å²) in [6, 6.07) is 13.6. The number of amides is 1. The van der Waals surface area contributed by atoms with Crippen molar-refractivity contribution in [3.05, 3.63) is 63.8 Å². The molecule has 0 unspecified atom stereocenters. The van der Waals surface area contributed by atoms with Crippen LogP contribution in [0.1, 0.15) is 25.0 Å². The smallest absolute Gasteiger partial charge is 0.276 e. The molecule has 0 spiro atoms. The fraction of sp³-hybridized carbons (Fsp3) is 0.273. The molecule has 1 heterocycles. The van der Waals surface area contributed by atoms with Gasteiger partial charge in [-0.1, -0.05) is 34.1 Å². The highest BCUT2D eigenvalue weighted by Crippen LogP contribution is 2.31. The number of benzene rings is 2. The molecule has 0 radical (unpaired) electrons. The van der Waals surface area contributed by atoms with Crippen LogP contribution >= 0.6 is 28.1 Å². The van der Waals surface area contributed by atoms with Gasteiger partial charge in [0, 0.05) is 18.1 Å². The normalized spacial score (nSPS) is 15.4. The van der Waals surface area contributed by atoms with E-state index < -0.39 is 0 Å². The molecule has 1 aliphatic rings. The zero-order valence-corrected chi connectivity index (χ0v) is 19.0. The predicted molar refractivity (Wildman–Crippen MR) is 122 cm³/mol. The molecular formula is C22H23BrN2O3S.